The van der Waals surface area contributed by atoms with Crippen molar-refractivity contribution in [2.75, 3.05) is 52.3 Å². The van der Waals surface area contributed by atoms with E-state index >= 15 is 0 Å². The molecule has 36 heavy (non-hydrogen) atoms. The first-order chi connectivity index (χ1) is 17.5. The van der Waals surface area contributed by atoms with E-state index in [1.54, 1.807) is 12.0 Å². The molecular weight excluding hydrogens is 480 g/mol. The molecule has 0 atom stereocenters. The van der Waals surface area contributed by atoms with Crippen LogP contribution in [0, 0.1) is 0 Å². The van der Waals surface area contributed by atoms with Gasteiger partial charge in [-0.15, -0.1) is 11.6 Å². The van der Waals surface area contributed by atoms with Gasteiger partial charge >= 0.3 is 0 Å². The van der Waals surface area contributed by atoms with Gasteiger partial charge in [0, 0.05) is 38.8 Å². The number of amides is 1. The maximum absolute atomic E-state index is 11.7. The number of fused-ring (bicyclic) bond motifs is 2. The largest absolute Gasteiger partial charge is 0.493 e. The SMILES string of the molecule is COc1cc2c(Oc3ccc4c(c3)C=C(C)C4)ncnc2cc1OCCN1CCN(C(=O)CCl)CC1. The number of alkyl halides is 1. The Morgan fingerprint density at radius 1 is 1.08 bits per heavy atom. The number of rotatable bonds is 8. The van der Waals surface area contributed by atoms with Gasteiger partial charge in [0.15, 0.2) is 11.5 Å². The molecule has 2 aromatic carbocycles. The van der Waals surface area contributed by atoms with Crippen molar-refractivity contribution in [1.82, 2.24) is 19.8 Å². The van der Waals surface area contributed by atoms with Gasteiger partial charge in [0.25, 0.3) is 0 Å². The lowest BCUT2D eigenvalue weighted by Crippen LogP contribution is -2.49. The number of hydrogen-bond acceptors (Lipinski definition) is 7. The number of halogens is 1. The van der Waals surface area contributed by atoms with Crippen LogP contribution in [0.3, 0.4) is 0 Å². The molecule has 188 valence electrons. The van der Waals surface area contributed by atoms with Crippen molar-refractivity contribution < 1.29 is 19.0 Å². The summed E-state index contributed by atoms with van der Waals surface area (Å²) in [5.41, 5.74) is 4.54. The zero-order valence-electron chi connectivity index (χ0n) is 20.5. The van der Waals surface area contributed by atoms with Crippen LogP contribution in [-0.2, 0) is 11.2 Å². The second kappa shape index (κ2) is 10.7. The molecule has 3 aromatic rings. The summed E-state index contributed by atoms with van der Waals surface area (Å²) in [6.07, 6.45) is 4.66. The average Bonchev–Trinajstić information content (AvgIpc) is 3.27. The molecule has 0 radical (unpaired) electrons. The fourth-order valence-electron chi connectivity index (χ4n) is 4.64. The number of piperazine rings is 1. The first-order valence-electron chi connectivity index (χ1n) is 12.0. The second-order valence-electron chi connectivity index (χ2n) is 9.03. The minimum Gasteiger partial charge on any atom is -0.493 e. The average molecular weight is 509 g/mol. The number of benzene rings is 2. The molecule has 1 aromatic heterocycles. The monoisotopic (exact) mass is 508 g/mol. The predicted molar refractivity (Wildman–Crippen MR) is 139 cm³/mol. The number of ether oxygens (including phenoxy) is 3. The Balaban J connectivity index is 1.27. The van der Waals surface area contributed by atoms with Gasteiger partial charge < -0.3 is 19.1 Å². The van der Waals surface area contributed by atoms with Crippen LogP contribution in [0.5, 0.6) is 23.1 Å². The standard InChI is InChI=1S/C27H29ClN4O4/c1-18-11-19-3-4-21(13-20(19)12-18)36-27-22-14-24(34-2)25(15-23(22)29-17-30-27)35-10-9-31-5-7-32(8-6-31)26(33)16-28/h3-4,12-15,17H,5-11,16H2,1-2H3. The van der Waals surface area contributed by atoms with E-state index in [1.807, 2.05) is 24.3 Å². The minimum absolute atomic E-state index is 0.0121. The molecule has 1 fully saturated rings. The molecule has 1 aliphatic carbocycles. The number of carbonyl (C=O) groups is 1. The molecule has 0 N–H and O–H groups in total. The van der Waals surface area contributed by atoms with E-state index in [0.717, 1.165) is 37.2 Å². The summed E-state index contributed by atoms with van der Waals surface area (Å²) in [4.78, 5) is 24.6. The van der Waals surface area contributed by atoms with E-state index in [-0.39, 0.29) is 11.8 Å². The normalized spacial score (nSPS) is 15.5. The highest BCUT2D eigenvalue weighted by molar-refractivity contribution is 6.27. The lowest BCUT2D eigenvalue weighted by Gasteiger charge is -2.34. The molecule has 5 rings (SSSR count). The third-order valence-corrected chi connectivity index (χ3v) is 6.82. The smallest absolute Gasteiger partial charge is 0.237 e. The lowest BCUT2D eigenvalue weighted by molar-refractivity contribution is -0.130. The molecule has 8 nitrogen and oxygen atoms in total. The number of nitrogens with zero attached hydrogens (tertiary/aromatic N) is 4. The molecule has 1 saturated heterocycles. The summed E-state index contributed by atoms with van der Waals surface area (Å²) in [5.74, 6) is 2.42. The van der Waals surface area contributed by atoms with E-state index in [2.05, 4.69) is 33.9 Å². The zero-order chi connectivity index (χ0) is 25.1. The summed E-state index contributed by atoms with van der Waals surface area (Å²) < 4.78 is 17.9. The first-order valence-corrected chi connectivity index (χ1v) is 12.6. The maximum Gasteiger partial charge on any atom is 0.237 e. The third kappa shape index (κ3) is 5.24. The van der Waals surface area contributed by atoms with Crippen LogP contribution < -0.4 is 14.2 Å². The van der Waals surface area contributed by atoms with Gasteiger partial charge in [-0.1, -0.05) is 17.7 Å². The van der Waals surface area contributed by atoms with Gasteiger partial charge in [0.05, 0.1) is 18.0 Å². The predicted octanol–water partition coefficient (Wildman–Crippen LogP) is 4.15. The van der Waals surface area contributed by atoms with Crippen molar-refractivity contribution in [3.63, 3.8) is 0 Å². The second-order valence-corrected chi connectivity index (χ2v) is 9.30. The van der Waals surface area contributed by atoms with Gasteiger partial charge in [-0.3, -0.25) is 9.69 Å². The fourth-order valence-corrected chi connectivity index (χ4v) is 4.81. The summed E-state index contributed by atoms with van der Waals surface area (Å²) in [7, 11) is 1.61. The zero-order valence-corrected chi connectivity index (χ0v) is 21.3. The van der Waals surface area contributed by atoms with Crippen LogP contribution >= 0.6 is 11.6 Å². The van der Waals surface area contributed by atoms with E-state index in [4.69, 9.17) is 25.8 Å². The van der Waals surface area contributed by atoms with Gasteiger partial charge in [0.1, 0.15) is 24.6 Å². The van der Waals surface area contributed by atoms with Gasteiger partial charge in [0.2, 0.25) is 11.8 Å². The van der Waals surface area contributed by atoms with E-state index < -0.39 is 0 Å². The summed E-state index contributed by atoms with van der Waals surface area (Å²) in [6, 6.07) is 9.82. The van der Waals surface area contributed by atoms with Crippen molar-refractivity contribution in [2.24, 2.45) is 0 Å². The summed E-state index contributed by atoms with van der Waals surface area (Å²) in [6.45, 7) is 6.33. The quantitative estimate of drug-likeness (QED) is 0.423. The van der Waals surface area contributed by atoms with Gasteiger partial charge in [-0.25, -0.2) is 9.97 Å². The van der Waals surface area contributed by atoms with Crippen LogP contribution in [-0.4, -0.2) is 78.0 Å². The Bertz CT molecular complexity index is 1300. The number of methoxy groups -OCH3 is 1. The van der Waals surface area contributed by atoms with Crippen molar-refractivity contribution >= 4 is 34.5 Å². The molecule has 0 bridgehead atoms. The Morgan fingerprint density at radius 3 is 2.69 bits per heavy atom. The highest BCUT2D eigenvalue weighted by Gasteiger charge is 2.20. The lowest BCUT2D eigenvalue weighted by atomic mass is 10.1. The van der Waals surface area contributed by atoms with Crippen LogP contribution in [0.2, 0.25) is 0 Å². The third-order valence-electron chi connectivity index (χ3n) is 6.59. The Morgan fingerprint density at radius 2 is 1.92 bits per heavy atom. The molecule has 0 spiro atoms. The molecule has 2 aliphatic rings. The molecular formula is C27H29ClN4O4. The summed E-state index contributed by atoms with van der Waals surface area (Å²) >= 11 is 5.66. The van der Waals surface area contributed by atoms with Crippen molar-refractivity contribution in [1.29, 1.82) is 0 Å². The highest BCUT2D eigenvalue weighted by atomic mass is 35.5. The maximum atomic E-state index is 11.7. The van der Waals surface area contributed by atoms with Gasteiger partial charge in [-0.2, -0.15) is 0 Å². The van der Waals surface area contributed by atoms with Crippen LogP contribution in [0.25, 0.3) is 17.0 Å². The number of aromatic nitrogens is 2. The van der Waals surface area contributed by atoms with Crippen molar-refractivity contribution in [3.8, 4) is 23.1 Å². The van der Waals surface area contributed by atoms with Crippen LogP contribution in [0.4, 0.5) is 0 Å². The van der Waals surface area contributed by atoms with Crippen molar-refractivity contribution in [3.05, 3.63) is 53.4 Å². The minimum atomic E-state index is -0.0121. The van der Waals surface area contributed by atoms with E-state index in [9.17, 15) is 4.79 Å². The Hall–Kier alpha value is -3.36. The molecule has 9 heteroatoms. The number of hydrogen-bond donors (Lipinski definition) is 0. The molecule has 2 heterocycles. The summed E-state index contributed by atoms with van der Waals surface area (Å²) in [5, 5.41) is 0.744. The highest BCUT2D eigenvalue weighted by Crippen LogP contribution is 2.37. The fraction of sp³-hybridized carbons (Fsp3) is 0.370. The van der Waals surface area contributed by atoms with Crippen LogP contribution in [0.1, 0.15) is 18.1 Å². The van der Waals surface area contributed by atoms with Crippen molar-refractivity contribution in [2.45, 2.75) is 13.3 Å². The number of allylic oxidation sites excluding steroid dienone is 1. The first kappa shape index (κ1) is 24.3. The van der Waals surface area contributed by atoms with Crippen LogP contribution in [0.15, 0.2) is 42.2 Å². The Kier molecular flexibility index (Phi) is 7.25. The number of carbonyl (C=O) groups excluding carboxylic acids is 1. The van der Waals surface area contributed by atoms with E-state index in [0.29, 0.717) is 42.6 Å². The molecule has 0 saturated carbocycles. The molecule has 1 aliphatic heterocycles. The molecule has 0 unspecified atom stereocenters. The van der Waals surface area contributed by atoms with E-state index in [1.165, 1.54) is 23.0 Å². The topological polar surface area (TPSA) is 77.0 Å². The Labute approximate surface area is 215 Å². The molecule has 1 amide bonds. The van der Waals surface area contributed by atoms with Gasteiger partial charge in [-0.05, 0) is 42.7 Å².